The molecule has 1 aromatic heterocycles. The van der Waals surface area contributed by atoms with Gasteiger partial charge >= 0.3 is 0 Å². The maximum Gasteiger partial charge on any atom is 0.186 e. The number of ether oxygens (including phenoxy) is 1. The van der Waals surface area contributed by atoms with Crippen molar-refractivity contribution in [3.8, 4) is 0 Å². The molecule has 0 unspecified atom stereocenters. The van der Waals surface area contributed by atoms with Gasteiger partial charge in [0.15, 0.2) is 5.11 Å². The molecule has 2 heterocycles. The molecule has 0 amide bonds. The van der Waals surface area contributed by atoms with Crippen molar-refractivity contribution < 1.29 is 4.74 Å². The van der Waals surface area contributed by atoms with Crippen molar-refractivity contribution in [2.45, 2.75) is 13.3 Å². The Morgan fingerprint density at radius 3 is 2.95 bits per heavy atom. The monoisotopic (exact) mass is 321 g/mol. The van der Waals surface area contributed by atoms with Gasteiger partial charge in [0.2, 0.25) is 0 Å². The SMILES string of the molecule is C/C(=N/NC(=S)NCCCN1CCOCC1)c1ccccn1. The minimum Gasteiger partial charge on any atom is -0.379 e. The van der Waals surface area contributed by atoms with Gasteiger partial charge in [0.25, 0.3) is 0 Å². The summed E-state index contributed by atoms with van der Waals surface area (Å²) in [5.41, 5.74) is 4.50. The minimum atomic E-state index is 0.539. The molecule has 22 heavy (non-hydrogen) atoms. The first-order valence-electron chi connectivity index (χ1n) is 7.55. The van der Waals surface area contributed by atoms with Gasteiger partial charge in [-0.1, -0.05) is 6.07 Å². The second kappa shape index (κ2) is 9.45. The molecule has 1 fully saturated rings. The summed E-state index contributed by atoms with van der Waals surface area (Å²) in [7, 11) is 0. The Bertz CT molecular complexity index is 488. The Labute approximate surface area is 136 Å². The molecular formula is C15H23N5OS. The third-order valence-electron chi connectivity index (χ3n) is 3.40. The molecule has 6 nitrogen and oxygen atoms in total. The number of nitrogens with one attached hydrogen (secondary N) is 2. The molecule has 1 aromatic rings. The van der Waals surface area contributed by atoms with Gasteiger partial charge in [-0.3, -0.25) is 15.3 Å². The predicted octanol–water partition coefficient (Wildman–Crippen LogP) is 0.992. The maximum atomic E-state index is 5.33. The zero-order valence-electron chi connectivity index (χ0n) is 12.9. The number of morpholine rings is 1. The second-order valence-electron chi connectivity index (χ2n) is 5.09. The third-order valence-corrected chi connectivity index (χ3v) is 3.64. The molecule has 0 bridgehead atoms. The number of aromatic nitrogens is 1. The highest BCUT2D eigenvalue weighted by atomic mass is 32.1. The van der Waals surface area contributed by atoms with E-state index in [1.54, 1.807) is 6.20 Å². The van der Waals surface area contributed by atoms with Crippen LogP contribution in [-0.4, -0.2) is 60.1 Å². The van der Waals surface area contributed by atoms with Crippen LogP contribution in [0.15, 0.2) is 29.5 Å². The molecule has 2 rings (SSSR count). The van der Waals surface area contributed by atoms with E-state index in [0.717, 1.165) is 57.2 Å². The van der Waals surface area contributed by atoms with Crippen molar-refractivity contribution in [2.75, 3.05) is 39.4 Å². The number of rotatable bonds is 6. The molecule has 7 heteroatoms. The van der Waals surface area contributed by atoms with E-state index in [9.17, 15) is 0 Å². The zero-order chi connectivity index (χ0) is 15.6. The van der Waals surface area contributed by atoms with E-state index in [-0.39, 0.29) is 0 Å². The third kappa shape index (κ3) is 6.05. The smallest absolute Gasteiger partial charge is 0.186 e. The Balaban J connectivity index is 1.61. The average Bonchev–Trinajstić information content (AvgIpc) is 2.58. The van der Waals surface area contributed by atoms with Crippen LogP contribution in [0.25, 0.3) is 0 Å². The molecule has 1 aliphatic rings. The first-order valence-corrected chi connectivity index (χ1v) is 7.96. The molecule has 0 aromatic carbocycles. The summed E-state index contributed by atoms with van der Waals surface area (Å²) in [6.45, 7) is 7.53. The van der Waals surface area contributed by atoms with E-state index in [4.69, 9.17) is 17.0 Å². The summed E-state index contributed by atoms with van der Waals surface area (Å²) in [5, 5.41) is 7.94. The minimum absolute atomic E-state index is 0.539. The van der Waals surface area contributed by atoms with Crippen LogP contribution in [0.4, 0.5) is 0 Å². The fourth-order valence-electron chi connectivity index (χ4n) is 2.14. The highest BCUT2D eigenvalue weighted by molar-refractivity contribution is 7.80. The van der Waals surface area contributed by atoms with Crippen LogP contribution >= 0.6 is 12.2 Å². The van der Waals surface area contributed by atoms with Gasteiger partial charge in [-0.2, -0.15) is 5.10 Å². The maximum absolute atomic E-state index is 5.33. The summed E-state index contributed by atoms with van der Waals surface area (Å²) in [4.78, 5) is 6.64. The van der Waals surface area contributed by atoms with Gasteiger partial charge in [0.1, 0.15) is 0 Å². The Morgan fingerprint density at radius 2 is 2.23 bits per heavy atom. The molecule has 0 spiro atoms. The molecule has 2 N–H and O–H groups in total. The Morgan fingerprint density at radius 1 is 1.41 bits per heavy atom. The lowest BCUT2D eigenvalue weighted by Crippen LogP contribution is -2.39. The topological polar surface area (TPSA) is 61.8 Å². The van der Waals surface area contributed by atoms with Crippen molar-refractivity contribution in [3.05, 3.63) is 30.1 Å². The van der Waals surface area contributed by atoms with Crippen LogP contribution in [-0.2, 0) is 4.74 Å². The van der Waals surface area contributed by atoms with E-state index in [2.05, 4.69) is 25.7 Å². The standard InChI is InChI=1S/C15H23N5OS/c1-13(14-5-2-3-6-16-14)18-19-15(22)17-7-4-8-20-9-11-21-12-10-20/h2-3,5-6H,4,7-12H2,1H3,(H2,17,19,22)/b18-13-. The van der Waals surface area contributed by atoms with Gasteiger partial charge in [0.05, 0.1) is 24.6 Å². The quantitative estimate of drug-likeness (QED) is 0.353. The summed E-state index contributed by atoms with van der Waals surface area (Å²) >= 11 is 5.21. The van der Waals surface area contributed by atoms with Gasteiger partial charge in [-0.05, 0) is 44.2 Å². The number of pyridine rings is 1. The second-order valence-corrected chi connectivity index (χ2v) is 5.50. The van der Waals surface area contributed by atoms with E-state index in [1.807, 2.05) is 25.1 Å². The van der Waals surface area contributed by atoms with Gasteiger partial charge < -0.3 is 10.1 Å². The van der Waals surface area contributed by atoms with Crippen LogP contribution in [0, 0.1) is 0 Å². The summed E-state index contributed by atoms with van der Waals surface area (Å²) in [5.74, 6) is 0. The first kappa shape index (κ1) is 16.8. The summed E-state index contributed by atoms with van der Waals surface area (Å²) in [6.07, 6.45) is 2.79. The van der Waals surface area contributed by atoms with Crippen LogP contribution in [0.3, 0.4) is 0 Å². The summed E-state index contributed by atoms with van der Waals surface area (Å²) in [6, 6.07) is 5.73. The molecular weight excluding hydrogens is 298 g/mol. The van der Waals surface area contributed by atoms with Crippen molar-refractivity contribution >= 4 is 23.0 Å². The normalized spacial score (nSPS) is 16.3. The van der Waals surface area contributed by atoms with Crippen molar-refractivity contribution in [1.82, 2.24) is 20.6 Å². The molecule has 0 saturated carbocycles. The van der Waals surface area contributed by atoms with Crippen molar-refractivity contribution in [1.29, 1.82) is 0 Å². The largest absolute Gasteiger partial charge is 0.379 e. The van der Waals surface area contributed by atoms with E-state index in [1.165, 1.54) is 0 Å². The summed E-state index contributed by atoms with van der Waals surface area (Å²) < 4.78 is 5.33. The predicted molar refractivity (Wildman–Crippen MR) is 92.1 cm³/mol. The zero-order valence-corrected chi connectivity index (χ0v) is 13.7. The van der Waals surface area contributed by atoms with Gasteiger partial charge in [-0.25, -0.2) is 0 Å². The van der Waals surface area contributed by atoms with Crippen LogP contribution < -0.4 is 10.7 Å². The number of hydrogen-bond acceptors (Lipinski definition) is 5. The fraction of sp³-hybridized carbons (Fsp3) is 0.533. The van der Waals surface area contributed by atoms with E-state index in [0.29, 0.717) is 5.11 Å². The number of hydrazone groups is 1. The first-order chi connectivity index (χ1) is 10.8. The van der Waals surface area contributed by atoms with Crippen LogP contribution in [0.5, 0.6) is 0 Å². The molecule has 1 saturated heterocycles. The Kier molecular flexibility index (Phi) is 7.21. The van der Waals surface area contributed by atoms with Crippen molar-refractivity contribution in [2.24, 2.45) is 5.10 Å². The molecule has 120 valence electrons. The molecule has 0 aliphatic carbocycles. The highest BCUT2D eigenvalue weighted by Crippen LogP contribution is 1.97. The molecule has 0 atom stereocenters. The lowest BCUT2D eigenvalue weighted by Gasteiger charge is -2.26. The number of thiocarbonyl (C=S) groups is 1. The van der Waals surface area contributed by atoms with Crippen molar-refractivity contribution in [3.63, 3.8) is 0 Å². The van der Waals surface area contributed by atoms with E-state index < -0.39 is 0 Å². The fourth-order valence-corrected chi connectivity index (χ4v) is 2.29. The van der Waals surface area contributed by atoms with E-state index >= 15 is 0 Å². The highest BCUT2D eigenvalue weighted by Gasteiger charge is 2.09. The van der Waals surface area contributed by atoms with Crippen LogP contribution in [0.1, 0.15) is 19.0 Å². The van der Waals surface area contributed by atoms with Gasteiger partial charge in [-0.15, -0.1) is 0 Å². The number of hydrogen-bond donors (Lipinski definition) is 2. The molecule has 0 radical (unpaired) electrons. The van der Waals surface area contributed by atoms with Gasteiger partial charge in [0, 0.05) is 25.8 Å². The lowest BCUT2D eigenvalue weighted by atomic mass is 10.3. The molecule has 1 aliphatic heterocycles. The average molecular weight is 321 g/mol. The Hall–Kier alpha value is -1.57. The lowest BCUT2D eigenvalue weighted by molar-refractivity contribution is 0.0376. The number of nitrogens with zero attached hydrogens (tertiary/aromatic N) is 3. The van der Waals surface area contributed by atoms with Crippen LogP contribution in [0.2, 0.25) is 0 Å².